The second-order valence-electron chi connectivity index (χ2n) is 8.99. The van der Waals surface area contributed by atoms with E-state index in [0.29, 0.717) is 0 Å². The van der Waals surface area contributed by atoms with Gasteiger partial charge in [0.25, 0.3) is 0 Å². The van der Waals surface area contributed by atoms with Gasteiger partial charge in [-0.1, -0.05) is 0 Å². The van der Waals surface area contributed by atoms with E-state index in [1.165, 1.54) is 40.4 Å². The van der Waals surface area contributed by atoms with Crippen LogP contribution in [0.3, 0.4) is 0 Å². The van der Waals surface area contributed by atoms with Crippen molar-refractivity contribution in [2.45, 2.75) is 47.7 Å². The van der Waals surface area contributed by atoms with Crippen LogP contribution in [0.1, 0.15) is 37.5 Å². The Kier molecular flexibility index (Phi) is 12.3. The molecular formula is C30H33Cl3SiTi. The van der Waals surface area contributed by atoms with Crippen LogP contribution in [0.5, 0.6) is 0 Å². The summed E-state index contributed by atoms with van der Waals surface area (Å²) in [5.41, 5.74) is 5.07. The molecule has 1 unspecified atom stereocenters. The number of hydrogen-bond acceptors (Lipinski definition) is 0. The molecule has 1 aliphatic carbocycles. The summed E-state index contributed by atoms with van der Waals surface area (Å²) in [6.45, 7) is 7.26. The zero-order valence-electron chi connectivity index (χ0n) is 20.6. The molecule has 0 bridgehead atoms. The van der Waals surface area contributed by atoms with Crippen LogP contribution in [0, 0.1) is 0 Å². The van der Waals surface area contributed by atoms with Gasteiger partial charge in [0.1, 0.15) is 0 Å². The molecular weight excluding hydrogens is 543 g/mol. The average molecular weight is 576 g/mol. The monoisotopic (exact) mass is 574 g/mol. The smallest absolute Gasteiger partial charge is 1.00 e. The van der Waals surface area contributed by atoms with Crippen molar-refractivity contribution in [3.05, 3.63) is 131 Å². The molecule has 0 saturated heterocycles. The number of hydrogen-bond donors (Lipinski definition) is 0. The van der Waals surface area contributed by atoms with Crippen LogP contribution in [-0.4, -0.2) is 8.07 Å². The van der Waals surface area contributed by atoms with Gasteiger partial charge >= 0.3 is 208 Å². The van der Waals surface area contributed by atoms with E-state index in [2.05, 4.69) is 150 Å². The van der Waals surface area contributed by atoms with Crippen molar-refractivity contribution in [1.29, 1.82) is 0 Å². The second-order valence-corrected chi connectivity index (χ2v) is 16.6. The zero-order chi connectivity index (χ0) is 22.7. The van der Waals surface area contributed by atoms with Crippen LogP contribution in [-0.2, 0) is 25.9 Å². The van der Waals surface area contributed by atoms with Crippen molar-refractivity contribution in [3.8, 4) is 0 Å². The van der Waals surface area contributed by atoms with Gasteiger partial charge in [0.05, 0.1) is 0 Å². The predicted molar refractivity (Wildman–Crippen MR) is 136 cm³/mol. The minimum absolute atomic E-state index is 0. The summed E-state index contributed by atoms with van der Waals surface area (Å²) in [7, 11) is -1.50. The first-order valence-corrected chi connectivity index (χ1v) is 15.3. The molecule has 0 nitrogen and oxygen atoms in total. The van der Waals surface area contributed by atoms with E-state index in [1.54, 1.807) is 0 Å². The SMILES string of the molecule is CC[Si](CC)(CC)[C]1([Ti+3])C=CC(C(c2ccccc2)(c2ccccc2)c2ccccc2)=C1.[Cl-].[Cl-].[Cl-]. The second kappa shape index (κ2) is 13.5. The Hall–Kier alpha value is -1.06. The maximum atomic E-state index is 2.66. The number of halogens is 3. The van der Waals surface area contributed by atoms with E-state index in [9.17, 15) is 0 Å². The largest absolute Gasteiger partial charge is 1.00 e. The summed E-state index contributed by atoms with van der Waals surface area (Å²) in [6, 6.07) is 37.2. The maximum absolute atomic E-state index is 2.66. The molecule has 1 aliphatic rings. The standard InChI is InChI=1S/C30H33Si.3ClH.Ti/c1-4-31(5-2,6-3)29-23-22-28(24-29)30(25-16-10-7-11-17-25,26-18-12-8-13-19-26)27-20-14-9-15-21-27;;;;/h7-24H,4-6H2,1-3H3;3*1H;/q;;;;+3/p-3. The molecule has 1 atom stereocenters. The third kappa shape index (κ3) is 5.47. The fraction of sp³-hybridized carbons (Fsp3) is 0.267. The van der Waals surface area contributed by atoms with Gasteiger partial charge in [-0.2, -0.15) is 0 Å². The van der Waals surface area contributed by atoms with Crippen LogP contribution in [0.15, 0.2) is 115 Å². The molecule has 0 heterocycles. The first kappa shape index (κ1) is 32.0. The number of rotatable bonds is 8. The van der Waals surface area contributed by atoms with Gasteiger partial charge < -0.3 is 37.2 Å². The van der Waals surface area contributed by atoms with Crippen molar-refractivity contribution in [2.24, 2.45) is 0 Å². The molecule has 0 radical (unpaired) electrons. The van der Waals surface area contributed by atoms with Gasteiger partial charge in [-0.3, -0.25) is 0 Å². The maximum Gasteiger partial charge on any atom is -1.00 e. The van der Waals surface area contributed by atoms with E-state index in [0.717, 1.165) is 0 Å². The van der Waals surface area contributed by atoms with Gasteiger partial charge in [-0.05, 0) is 0 Å². The van der Waals surface area contributed by atoms with Gasteiger partial charge in [0.15, 0.2) is 0 Å². The normalized spacial score (nSPS) is 17.0. The molecule has 0 N–H and O–H groups in total. The van der Waals surface area contributed by atoms with Gasteiger partial charge in [0, 0.05) is 0 Å². The molecule has 5 heteroatoms. The minimum atomic E-state index is -1.50. The molecule has 3 aromatic rings. The summed E-state index contributed by atoms with van der Waals surface area (Å²) in [5, 5.41) is 0. The van der Waals surface area contributed by atoms with Crippen molar-refractivity contribution < 1.29 is 57.7 Å². The van der Waals surface area contributed by atoms with E-state index < -0.39 is 8.07 Å². The van der Waals surface area contributed by atoms with Crippen LogP contribution in [0.2, 0.25) is 21.5 Å². The van der Waals surface area contributed by atoms with Gasteiger partial charge in [-0.15, -0.1) is 0 Å². The molecule has 35 heavy (non-hydrogen) atoms. The fourth-order valence-electron chi connectivity index (χ4n) is 5.82. The Labute approximate surface area is 243 Å². The Bertz CT molecular complexity index is 991. The Morgan fingerprint density at radius 1 is 0.629 bits per heavy atom. The molecule has 0 aliphatic heterocycles. The molecule has 0 aromatic heterocycles. The van der Waals surface area contributed by atoms with E-state index in [-0.39, 0.29) is 46.0 Å². The minimum Gasteiger partial charge on any atom is -1.00 e. The third-order valence-corrected chi connectivity index (χ3v) is 17.0. The molecule has 0 spiro atoms. The van der Waals surface area contributed by atoms with Crippen LogP contribution < -0.4 is 37.2 Å². The van der Waals surface area contributed by atoms with Gasteiger partial charge in [-0.25, -0.2) is 0 Å². The quantitative estimate of drug-likeness (QED) is 0.246. The Morgan fingerprint density at radius 2 is 0.971 bits per heavy atom. The molecule has 3 aromatic carbocycles. The van der Waals surface area contributed by atoms with Gasteiger partial charge in [0.2, 0.25) is 0 Å². The van der Waals surface area contributed by atoms with E-state index >= 15 is 0 Å². The van der Waals surface area contributed by atoms with Crippen LogP contribution in [0.4, 0.5) is 0 Å². The predicted octanol–water partition coefficient (Wildman–Crippen LogP) is -0.718. The van der Waals surface area contributed by atoms with Crippen molar-refractivity contribution in [3.63, 3.8) is 0 Å². The van der Waals surface area contributed by atoms with Crippen LogP contribution >= 0.6 is 0 Å². The van der Waals surface area contributed by atoms with Crippen molar-refractivity contribution in [2.75, 3.05) is 0 Å². The molecule has 0 saturated carbocycles. The summed E-state index contributed by atoms with van der Waals surface area (Å²) < 4.78 is 0.171. The first-order chi connectivity index (χ1) is 15.6. The van der Waals surface area contributed by atoms with E-state index in [1.807, 2.05) is 0 Å². The molecule has 0 fully saturated rings. The fourth-order valence-corrected chi connectivity index (χ4v) is 12.8. The molecule has 0 amide bonds. The van der Waals surface area contributed by atoms with Crippen molar-refractivity contribution in [1.82, 2.24) is 0 Å². The summed E-state index contributed by atoms with van der Waals surface area (Å²) in [5.74, 6) is 0. The average Bonchev–Trinajstić information content (AvgIpc) is 3.26. The first-order valence-electron chi connectivity index (χ1n) is 11.9. The van der Waals surface area contributed by atoms with E-state index in [4.69, 9.17) is 0 Å². The Morgan fingerprint density at radius 3 is 1.29 bits per heavy atom. The third-order valence-electron chi connectivity index (χ3n) is 7.87. The van der Waals surface area contributed by atoms with Crippen molar-refractivity contribution >= 4 is 8.07 Å². The molecule has 4 rings (SSSR count). The summed E-state index contributed by atoms with van der Waals surface area (Å²) in [6.07, 6.45) is 7.66. The molecule has 182 valence electrons. The summed E-state index contributed by atoms with van der Waals surface area (Å²) in [4.78, 5) is 0. The summed E-state index contributed by atoms with van der Waals surface area (Å²) >= 11 is 2.50. The number of allylic oxidation sites excluding steroid dienone is 4. The Balaban J connectivity index is 0.00000204. The number of benzene rings is 3. The zero-order valence-corrected chi connectivity index (χ0v) is 25.5. The van der Waals surface area contributed by atoms with Crippen LogP contribution in [0.25, 0.3) is 0 Å². The topological polar surface area (TPSA) is 0 Å².